The molecular formula is C24H35N5O6. The molecule has 1 aromatic heterocycles. The Balaban J connectivity index is 1.98. The topological polar surface area (TPSA) is 187 Å². The van der Waals surface area contributed by atoms with Gasteiger partial charge in [-0.2, -0.15) is 0 Å². The van der Waals surface area contributed by atoms with E-state index in [9.17, 15) is 29.4 Å². The first-order chi connectivity index (χ1) is 16.5. The largest absolute Gasteiger partial charge is 0.480 e. The number of hydrogen-bond acceptors (Lipinski definition) is 6. The fourth-order valence-corrected chi connectivity index (χ4v) is 3.63. The number of para-hydroxylation sites is 1. The fraction of sp³-hybridized carbons (Fsp3) is 0.500. The summed E-state index contributed by atoms with van der Waals surface area (Å²) in [5, 5.41) is 27.6. The Morgan fingerprint density at radius 2 is 1.60 bits per heavy atom. The highest BCUT2D eigenvalue weighted by molar-refractivity contribution is 5.94. The van der Waals surface area contributed by atoms with Crippen LogP contribution in [0.25, 0.3) is 10.9 Å². The van der Waals surface area contributed by atoms with Gasteiger partial charge in [0.2, 0.25) is 17.7 Å². The highest BCUT2D eigenvalue weighted by Gasteiger charge is 2.33. The van der Waals surface area contributed by atoms with Gasteiger partial charge >= 0.3 is 5.97 Å². The lowest BCUT2D eigenvalue weighted by Gasteiger charge is -2.27. The lowest BCUT2D eigenvalue weighted by Crippen LogP contribution is -2.60. The molecule has 1 aromatic carbocycles. The Bertz CT molecular complexity index is 1050. The molecule has 11 nitrogen and oxygen atoms in total. The highest BCUT2D eigenvalue weighted by atomic mass is 16.4. The summed E-state index contributed by atoms with van der Waals surface area (Å²) in [5.74, 6) is -3.70. The number of aliphatic hydroxyl groups excluding tert-OH is 1. The SMILES string of the molecule is CCC(C)C(NC(=O)C(NC(=O)C(C)NC(=O)C(N)Cc1c[nH]c2ccccc12)C(C)O)C(=O)O. The zero-order valence-corrected chi connectivity index (χ0v) is 20.4. The summed E-state index contributed by atoms with van der Waals surface area (Å²) in [7, 11) is 0. The van der Waals surface area contributed by atoms with E-state index in [2.05, 4.69) is 20.9 Å². The van der Waals surface area contributed by atoms with E-state index < -0.39 is 54.0 Å². The van der Waals surface area contributed by atoms with Gasteiger partial charge in [-0.3, -0.25) is 14.4 Å². The van der Waals surface area contributed by atoms with Crippen LogP contribution in [0.5, 0.6) is 0 Å². The molecule has 2 rings (SSSR count). The molecule has 0 bridgehead atoms. The van der Waals surface area contributed by atoms with E-state index in [-0.39, 0.29) is 12.3 Å². The Kier molecular flexibility index (Phi) is 9.78. The molecule has 0 aliphatic rings. The lowest BCUT2D eigenvalue weighted by atomic mass is 9.98. The number of carboxylic acids is 1. The van der Waals surface area contributed by atoms with Crippen LogP contribution in [0.3, 0.4) is 0 Å². The molecule has 192 valence electrons. The number of carbonyl (C=O) groups is 4. The predicted octanol–water partition coefficient (Wildman–Crippen LogP) is 0.0235. The first-order valence-electron chi connectivity index (χ1n) is 11.6. The molecule has 0 radical (unpaired) electrons. The molecule has 8 N–H and O–H groups in total. The van der Waals surface area contributed by atoms with Gasteiger partial charge < -0.3 is 36.9 Å². The third-order valence-corrected chi connectivity index (χ3v) is 6.04. The van der Waals surface area contributed by atoms with Crippen LogP contribution >= 0.6 is 0 Å². The minimum atomic E-state index is -1.41. The second kappa shape index (κ2) is 12.3. The highest BCUT2D eigenvalue weighted by Crippen LogP contribution is 2.18. The first-order valence-corrected chi connectivity index (χ1v) is 11.6. The van der Waals surface area contributed by atoms with Gasteiger partial charge in [-0.25, -0.2) is 4.79 Å². The molecule has 35 heavy (non-hydrogen) atoms. The molecule has 0 aliphatic carbocycles. The van der Waals surface area contributed by atoms with Crippen molar-refractivity contribution < 1.29 is 29.4 Å². The van der Waals surface area contributed by atoms with Crippen LogP contribution in [-0.2, 0) is 25.6 Å². The normalized spacial score (nSPS) is 16.4. The van der Waals surface area contributed by atoms with Gasteiger partial charge in [-0.1, -0.05) is 38.5 Å². The van der Waals surface area contributed by atoms with Crippen LogP contribution in [0.15, 0.2) is 30.5 Å². The summed E-state index contributed by atoms with van der Waals surface area (Å²) in [6, 6.07) is 3.03. The summed E-state index contributed by atoms with van der Waals surface area (Å²) in [6.07, 6.45) is 1.22. The van der Waals surface area contributed by atoms with Crippen LogP contribution in [0.1, 0.15) is 39.7 Å². The molecule has 0 saturated carbocycles. The van der Waals surface area contributed by atoms with Crippen molar-refractivity contribution in [3.8, 4) is 0 Å². The second-order valence-corrected chi connectivity index (χ2v) is 8.84. The number of amides is 3. The van der Waals surface area contributed by atoms with E-state index >= 15 is 0 Å². The van der Waals surface area contributed by atoms with E-state index in [4.69, 9.17) is 5.73 Å². The summed E-state index contributed by atoms with van der Waals surface area (Å²) in [4.78, 5) is 52.5. The first kappa shape index (κ1) is 27.8. The van der Waals surface area contributed by atoms with E-state index in [1.807, 2.05) is 24.3 Å². The average molecular weight is 490 g/mol. The van der Waals surface area contributed by atoms with Crippen LogP contribution in [0, 0.1) is 5.92 Å². The molecular weight excluding hydrogens is 454 g/mol. The van der Waals surface area contributed by atoms with Crippen molar-refractivity contribution in [1.29, 1.82) is 0 Å². The smallest absolute Gasteiger partial charge is 0.326 e. The molecule has 0 spiro atoms. The van der Waals surface area contributed by atoms with E-state index in [1.54, 1.807) is 20.0 Å². The van der Waals surface area contributed by atoms with Gasteiger partial charge in [0.25, 0.3) is 0 Å². The number of nitrogens with one attached hydrogen (secondary N) is 4. The molecule has 0 aliphatic heterocycles. The maximum atomic E-state index is 12.6. The monoisotopic (exact) mass is 489 g/mol. The minimum Gasteiger partial charge on any atom is -0.480 e. The quantitative estimate of drug-likeness (QED) is 0.219. The van der Waals surface area contributed by atoms with Crippen molar-refractivity contribution in [2.24, 2.45) is 11.7 Å². The summed E-state index contributed by atoms with van der Waals surface area (Å²) >= 11 is 0. The number of carbonyl (C=O) groups excluding carboxylic acids is 3. The molecule has 11 heteroatoms. The summed E-state index contributed by atoms with van der Waals surface area (Å²) in [5.41, 5.74) is 7.83. The third-order valence-electron chi connectivity index (χ3n) is 6.04. The number of nitrogens with two attached hydrogens (primary N) is 1. The number of carboxylic acid groups (broad SMARTS) is 1. The van der Waals surface area contributed by atoms with Crippen molar-refractivity contribution in [3.63, 3.8) is 0 Å². The summed E-state index contributed by atoms with van der Waals surface area (Å²) < 4.78 is 0. The average Bonchev–Trinajstić information content (AvgIpc) is 3.22. The molecule has 6 atom stereocenters. The predicted molar refractivity (Wildman–Crippen MR) is 130 cm³/mol. The molecule has 0 saturated heterocycles. The number of H-pyrrole nitrogens is 1. The second-order valence-electron chi connectivity index (χ2n) is 8.84. The Morgan fingerprint density at radius 3 is 2.20 bits per heavy atom. The zero-order chi connectivity index (χ0) is 26.3. The van der Waals surface area contributed by atoms with Crippen molar-refractivity contribution in [3.05, 3.63) is 36.0 Å². The van der Waals surface area contributed by atoms with Crippen LogP contribution in [0.2, 0.25) is 0 Å². The number of aliphatic carboxylic acids is 1. The molecule has 0 fully saturated rings. The fourth-order valence-electron chi connectivity index (χ4n) is 3.63. The molecule has 3 amide bonds. The van der Waals surface area contributed by atoms with Gasteiger partial charge in [-0.05, 0) is 37.8 Å². The Labute approximate surface area is 203 Å². The van der Waals surface area contributed by atoms with Gasteiger partial charge in [0.1, 0.15) is 18.1 Å². The number of aliphatic hydroxyl groups is 1. The van der Waals surface area contributed by atoms with Crippen LogP contribution in [0.4, 0.5) is 0 Å². The van der Waals surface area contributed by atoms with Gasteiger partial charge in [0, 0.05) is 17.1 Å². The molecule has 2 aromatic rings. The number of aromatic nitrogens is 1. The van der Waals surface area contributed by atoms with Gasteiger partial charge in [0.05, 0.1) is 12.1 Å². The number of aromatic amines is 1. The number of rotatable bonds is 12. The number of fused-ring (bicyclic) bond motifs is 1. The maximum Gasteiger partial charge on any atom is 0.326 e. The standard InChI is InChI=1S/C24H35N5O6/c1-5-12(2)19(24(34)35)28-23(33)20(14(4)30)29-21(31)13(3)27-22(32)17(25)10-15-11-26-18-9-7-6-8-16(15)18/h6-9,11-14,17,19-20,26,30H,5,10,25H2,1-4H3,(H,27,32)(H,28,33)(H,29,31)(H,34,35). The zero-order valence-electron chi connectivity index (χ0n) is 20.4. The van der Waals surface area contributed by atoms with Crippen LogP contribution < -0.4 is 21.7 Å². The van der Waals surface area contributed by atoms with Gasteiger partial charge in [0.15, 0.2) is 0 Å². The Morgan fingerprint density at radius 1 is 0.971 bits per heavy atom. The van der Waals surface area contributed by atoms with Crippen LogP contribution in [-0.4, -0.2) is 69.2 Å². The van der Waals surface area contributed by atoms with Gasteiger partial charge in [-0.15, -0.1) is 0 Å². The number of hydrogen-bond donors (Lipinski definition) is 7. The van der Waals surface area contributed by atoms with E-state index in [1.165, 1.54) is 13.8 Å². The lowest BCUT2D eigenvalue weighted by molar-refractivity contribution is -0.144. The van der Waals surface area contributed by atoms with Crippen molar-refractivity contribution in [2.45, 2.75) is 70.8 Å². The van der Waals surface area contributed by atoms with E-state index in [0.717, 1.165) is 16.5 Å². The molecule has 6 unspecified atom stereocenters. The van der Waals surface area contributed by atoms with Crippen molar-refractivity contribution in [1.82, 2.24) is 20.9 Å². The number of benzene rings is 1. The molecule has 1 heterocycles. The van der Waals surface area contributed by atoms with Crippen molar-refractivity contribution in [2.75, 3.05) is 0 Å². The minimum absolute atomic E-state index is 0.245. The summed E-state index contributed by atoms with van der Waals surface area (Å²) in [6.45, 7) is 6.17. The Hall–Kier alpha value is -3.44. The maximum absolute atomic E-state index is 12.6. The van der Waals surface area contributed by atoms with E-state index in [0.29, 0.717) is 6.42 Å². The third kappa shape index (κ3) is 7.27. The van der Waals surface area contributed by atoms with Crippen molar-refractivity contribution >= 4 is 34.6 Å².